The third-order valence-electron chi connectivity index (χ3n) is 2.01. The Balaban J connectivity index is 2.54. The first-order chi connectivity index (χ1) is 7.22. The molecule has 0 aliphatic carbocycles. The molecule has 3 nitrogen and oxygen atoms in total. The molecule has 3 heteroatoms. The molecule has 1 aromatic carbocycles. The number of rotatable bonds is 4. The lowest BCUT2D eigenvalue weighted by Crippen LogP contribution is -2.67. The van der Waals surface area contributed by atoms with Crippen molar-refractivity contribution in [1.82, 2.24) is 0 Å². The fourth-order valence-corrected chi connectivity index (χ4v) is 1.20. The first-order valence-corrected chi connectivity index (χ1v) is 5.24. The van der Waals surface area contributed by atoms with Gasteiger partial charge in [0.25, 0.3) is 0 Å². The number of hydrogen-bond acceptors (Lipinski definition) is 1. The molecule has 2 N–H and O–H groups in total. The summed E-state index contributed by atoms with van der Waals surface area (Å²) in [6, 6.07) is 7.75. The zero-order chi connectivity index (χ0) is 11.1. The van der Waals surface area contributed by atoms with Gasteiger partial charge in [-0.2, -0.15) is 0 Å². The molecule has 0 spiro atoms. The Labute approximate surface area is 90.4 Å². The largest absolute Gasteiger partial charge is 0.551 e. The Morgan fingerprint density at radius 1 is 1.47 bits per heavy atom. The minimum absolute atomic E-state index is 0.131. The fraction of sp³-hybridized carbons (Fsp3) is 0.417. The second-order valence-corrected chi connectivity index (χ2v) is 3.50. The van der Waals surface area contributed by atoms with Crippen LogP contribution in [0.4, 0.5) is 5.69 Å². The standard InChI is InChI=1S/C12H17NO2/c1-3-4-8-15-12(14)13-11-7-5-6-10(2)9-11/h5-7,9H,3-4,8H2,1-2H3,(H,13,14)/p+1. The van der Waals surface area contributed by atoms with E-state index < -0.39 is 0 Å². The average molecular weight is 208 g/mol. The quantitative estimate of drug-likeness (QED) is 0.446. The molecule has 0 atom stereocenters. The van der Waals surface area contributed by atoms with Gasteiger partial charge in [0.15, 0.2) is 0 Å². The highest BCUT2D eigenvalue weighted by Crippen LogP contribution is 2.02. The van der Waals surface area contributed by atoms with E-state index in [0.29, 0.717) is 6.61 Å². The lowest BCUT2D eigenvalue weighted by molar-refractivity contribution is -0.382. The van der Waals surface area contributed by atoms with Gasteiger partial charge in [0.2, 0.25) is 5.69 Å². The predicted molar refractivity (Wildman–Crippen MR) is 60.3 cm³/mol. The molecular weight excluding hydrogens is 190 g/mol. The van der Waals surface area contributed by atoms with E-state index in [2.05, 4.69) is 11.9 Å². The van der Waals surface area contributed by atoms with E-state index in [1.54, 1.807) is 0 Å². The smallest absolute Gasteiger partial charge is 0.430 e. The maximum Gasteiger partial charge on any atom is 0.551 e. The van der Waals surface area contributed by atoms with Crippen molar-refractivity contribution in [3.8, 4) is 0 Å². The Kier molecular flexibility index (Phi) is 4.68. The summed E-state index contributed by atoms with van der Waals surface area (Å²) in [4.78, 5) is 2.79. The van der Waals surface area contributed by atoms with Crippen LogP contribution in [-0.4, -0.2) is 17.8 Å². The zero-order valence-electron chi connectivity index (χ0n) is 9.29. The minimum atomic E-state index is -0.131. The van der Waals surface area contributed by atoms with Crippen molar-refractivity contribution in [1.29, 1.82) is 0 Å². The summed E-state index contributed by atoms with van der Waals surface area (Å²) in [5.41, 5.74) is 1.98. The van der Waals surface area contributed by atoms with Gasteiger partial charge in [-0.1, -0.05) is 25.5 Å². The predicted octanol–water partition coefficient (Wildman–Crippen LogP) is 1.44. The summed E-state index contributed by atoms with van der Waals surface area (Å²) in [6.45, 7) is 4.62. The van der Waals surface area contributed by atoms with Crippen LogP contribution in [0.5, 0.6) is 0 Å². The number of unbranched alkanes of at least 4 members (excludes halogenated alkanes) is 1. The minimum Gasteiger partial charge on any atom is -0.430 e. The van der Waals surface area contributed by atoms with Crippen LogP contribution >= 0.6 is 0 Å². The summed E-state index contributed by atoms with van der Waals surface area (Å²) in [5, 5.41) is 9.40. The lowest BCUT2D eigenvalue weighted by Gasteiger charge is -1.97. The highest BCUT2D eigenvalue weighted by Gasteiger charge is 2.04. The van der Waals surface area contributed by atoms with E-state index in [1.165, 1.54) is 0 Å². The molecular formula is C12H18NO2+. The summed E-state index contributed by atoms with van der Waals surface area (Å²) in [7, 11) is 0. The molecule has 0 fully saturated rings. The molecule has 1 rings (SSSR count). The van der Waals surface area contributed by atoms with Crippen molar-refractivity contribution in [2.24, 2.45) is 0 Å². The van der Waals surface area contributed by atoms with Crippen LogP contribution in [0.25, 0.3) is 0 Å². The van der Waals surface area contributed by atoms with E-state index in [-0.39, 0.29) is 6.08 Å². The van der Waals surface area contributed by atoms with Gasteiger partial charge in [0, 0.05) is 12.1 Å². The van der Waals surface area contributed by atoms with Crippen molar-refractivity contribution in [2.45, 2.75) is 26.7 Å². The molecule has 0 heterocycles. The Morgan fingerprint density at radius 3 is 2.93 bits per heavy atom. The first-order valence-electron chi connectivity index (χ1n) is 5.24. The van der Waals surface area contributed by atoms with Gasteiger partial charge < -0.3 is 9.84 Å². The highest BCUT2D eigenvalue weighted by atomic mass is 16.6. The number of nitrogens with one attached hydrogen (secondary N) is 1. The van der Waals surface area contributed by atoms with Crippen molar-refractivity contribution >= 4 is 11.8 Å². The van der Waals surface area contributed by atoms with Crippen molar-refractivity contribution in [2.75, 3.05) is 6.61 Å². The van der Waals surface area contributed by atoms with E-state index in [1.807, 2.05) is 31.2 Å². The second kappa shape index (κ2) is 6.06. The number of ether oxygens (including phenoxy) is 1. The molecule has 0 bridgehead atoms. The maximum absolute atomic E-state index is 9.40. The zero-order valence-corrected chi connectivity index (χ0v) is 9.29. The van der Waals surface area contributed by atoms with Gasteiger partial charge in [-0.05, 0) is 18.9 Å². The molecule has 0 amide bonds. The average Bonchev–Trinajstić information content (AvgIpc) is 2.18. The number of benzene rings is 1. The molecule has 0 saturated heterocycles. The molecule has 0 aliphatic heterocycles. The topological polar surface area (TPSA) is 43.4 Å². The SMILES string of the molecule is CCCCOC(O)=[NH+]c1cccc(C)c1. The Morgan fingerprint density at radius 2 is 2.27 bits per heavy atom. The first kappa shape index (κ1) is 11.6. The number of aliphatic hydroxyl groups excluding tert-OH is 1. The van der Waals surface area contributed by atoms with E-state index >= 15 is 0 Å². The van der Waals surface area contributed by atoms with Crippen LogP contribution in [0.3, 0.4) is 0 Å². The van der Waals surface area contributed by atoms with E-state index in [0.717, 1.165) is 24.1 Å². The maximum atomic E-state index is 9.40. The normalized spacial score (nSPS) is 11.5. The Hall–Kier alpha value is -1.51. The number of aryl methyl sites for hydroxylation is 1. The van der Waals surface area contributed by atoms with E-state index in [9.17, 15) is 5.11 Å². The molecule has 0 aliphatic rings. The summed E-state index contributed by atoms with van der Waals surface area (Å²) >= 11 is 0. The van der Waals surface area contributed by atoms with Gasteiger partial charge in [-0.25, -0.2) is 0 Å². The molecule has 0 unspecified atom stereocenters. The summed E-state index contributed by atoms with van der Waals surface area (Å²) < 4.78 is 5.09. The van der Waals surface area contributed by atoms with Gasteiger partial charge in [-0.15, -0.1) is 4.99 Å². The van der Waals surface area contributed by atoms with Crippen molar-refractivity contribution in [3.05, 3.63) is 29.8 Å². The van der Waals surface area contributed by atoms with E-state index in [4.69, 9.17) is 4.74 Å². The third-order valence-corrected chi connectivity index (χ3v) is 2.01. The number of aliphatic hydroxyl groups is 1. The van der Waals surface area contributed by atoms with Gasteiger partial charge >= 0.3 is 6.08 Å². The van der Waals surface area contributed by atoms with Crippen molar-refractivity contribution < 1.29 is 14.8 Å². The number of hydrogen-bond donors (Lipinski definition) is 2. The molecule has 1 aromatic rings. The van der Waals surface area contributed by atoms with Crippen LogP contribution in [0.2, 0.25) is 0 Å². The van der Waals surface area contributed by atoms with Crippen LogP contribution < -0.4 is 4.99 Å². The van der Waals surface area contributed by atoms with Gasteiger partial charge in [0.1, 0.15) is 0 Å². The monoisotopic (exact) mass is 208 g/mol. The molecule has 0 radical (unpaired) electrons. The van der Waals surface area contributed by atoms with Gasteiger partial charge in [-0.3, -0.25) is 0 Å². The van der Waals surface area contributed by atoms with Crippen LogP contribution in [0, 0.1) is 6.92 Å². The van der Waals surface area contributed by atoms with Gasteiger partial charge in [0.05, 0.1) is 6.61 Å². The van der Waals surface area contributed by atoms with Crippen molar-refractivity contribution in [3.63, 3.8) is 0 Å². The Bertz CT molecular complexity index is 334. The van der Waals surface area contributed by atoms with Crippen LogP contribution in [0.1, 0.15) is 25.3 Å². The third kappa shape index (κ3) is 4.49. The lowest BCUT2D eigenvalue weighted by atomic mass is 10.2. The highest BCUT2D eigenvalue weighted by molar-refractivity contribution is 5.58. The second-order valence-electron chi connectivity index (χ2n) is 3.50. The van der Waals surface area contributed by atoms with Crippen LogP contribution in [-0.2, 0) is 4.74 Å². The molecule has 82 valence electrons. The molecule has 0 aromatic heterocycles. The fourth-order valence-electron chi connectivity index (χ4n) is 1.20. The summed E-state index contributed by atoms with van der Waals surface area (Å²) in [5.74, 6) is 0. The van der Waals surface area contributed by atoms with Crippen LogP contribution in [0.15, 0.2) is 24.3 Å². The summed E-state index contributed by atoms with van der Waals surface area (Å²) in [6.07, 6.45) is 1.87. The molecule has 15 heavy (non-hydrogen) atoms. The molecule has 0 saturated carbocycles.